The molecule has 0 aliphatic rings. The van der Waals surface area contributed by atoms with Crippen LogP contribution < -0.4 is 0 Å². The van der Waals surface area contributed by atoms with Crippen LogP contribution in [-0.2, 0) is 0 Å². The van der Waals surface area contributed by atoms with E-state index in [1.807, 2.05) is 57.2 Å². The van der Waals surface area contributed by atoms with E-state index in [0.29, 0.717) is 11.4 Å². The Morgan fingerprint density at radius 1 is 0.465 bits per heavy atom. The number of rotatable bonds is 7. The summed E-state index contributed by atoms with van der Waals surface area (Å²) in [5.41, 5.74) is 12.0. The average Bonchev–Trinajstić information content (AvgIpc) is 2.98. The first kappa shape index (κ1) is 29.4. The van der Waals surface area contributed by atoms with E-state index in [0.717, 1.165) is 61.4 Å². The van der Waals surface area contributed by atoms with Gasteiger partial charge in [-0.25, -0.2) is 0 Å². The zero-order chi connectivity index (χ0) is 30.7. The number of phenols is 2. The first-order valence-electron chi connectivity index (χ1n) is 14.3. The van der Waals surface area contributed by atoms with Gasteiger partial charge >= 0.3 is 0 Å². The SMILES string of the molecule is Cc1ccc(O)c(N=Nc2cc(C)c(C(c3ccccc3)c3cc(C)cc(N=Nc4cc(C)ccc4O)c3C)cc2C)c1. The Balaban J connectivity index is 1.60. The predicted octanol–water partition coefficient (Wildman–Crippen LogP) is 11.0. The maximum absolute atomic E-state index is 10.3. The molecule has 0 aliphatic heterocycles. The highest BCUT2D eigenvalue weighted by atomic mass is 16.3. The molecule has 0 saturated heterocycles. The molecule has 0 saturated carbocycles. The minimum absolute atomic E-state index is 0.0621. The van der Waals surface area contributed by atoms with Gasteiger partial charge in [0, 0.05) is 5.92 Å². The summed E-state index contributed by atoms with van der Waals surface area (Å²) in [7, 11) is 0. The summed E-state index contributed by atoms with van der Waals surface area (Å²) < 4.78 is 0. The Kier molecular flexibility index (Phi) is 8.48. The lowest BCUT2D eigenvalue weighted by atomic mass is 9.79. The van der Waals surface area contributed by atoms with Crippen LogP contribution in [0.2, 0.25) is 0 Å². The molecule has 43 heavy (non-hydrogen) atoms. The second-order valence-corrected chi connectivity index (χ2v) is 11.2. The smallest absolute Gasteiger partial charge is 0.143 e. The minimum atomic E-state index is -0.0621. The van der Waals surface area contributed by atoms with Crippen LogP contribution in [-0.4, -0.2) is 10.2 Å². The third-order valence-corrected chi connectivity index (χ3v) is 7.70. The summed E-state index contributed by atoms with van der Waals surface area (Å²) in [6.45, 7) is 12.2. The molecule has 0 aromatic heterocycles. The van der Waals surface area contributed by atoms with Gasteiger partial charge in [-0.1, -0.05) is 54.6 Å². The van der Waals surface area contributed by atoms with Gasteiger partial charge in [-0.15, -0.1) is 10.2 Å². The zero-order valence-corrected chi connectivity index (χ0v) is 25.4. The summed E-state index contributed by atoms with van der Waals surface area (Å²) in [6, 6.07) is 29.6. The number of azo groups is 2. The molecule has 5 rings (SSSR count). The molecule has 2 N–H and O–H groups in total. The van der Waals surface area contributed by atoms with Gasteiger partial charge < -0.3 is 10.2 Å². The molecule has 216 valence electrons. The minimum Gasteiger partial charge on any atom is -0.506 e. The molecule has 0 spiro atoms. The highest BCUT2D eigenvalue weighted by Crippen LogP contribution is 2.41. The van der Waals surface area contributed by atoms with E-state index in [4.69, 9.17) is 0 Å². The van der Waals surface area contributed by atoms with Crippen molar-refractivity contribution >= 4 is 22.7 Å². The third-order valence-electron chi connectivity index (χ3n) is 7.70. The van der Waals surface area contributed by atoms with Crippen LogP contribution in [0.1, 0.15) is 56.0 Å². The van der Waals surface area contributed by atoms with E-state index in [1.54, 1.807) is 12.1 Å². The van der Waals surface area contributed by atoms with Crippen molar-refractivity contribution in [2.75, 3.05) is 0 Å². The number of nitrogens with zero attached hydrogens (tertiary/aromatic N) is 4. The standard InChI is InChI=1S/C37H36N4O2/c1-22-12-14-35(42)33(17-22)40-38-31-21-25(4)29(20-26(31)5)37(28-10-8-7-9-11-28)30-16-24(3)19-32(27(30)6)39-41-34-18-23(2)13-15-36(34)43/h7-21,37,42-43H,1-6H3. The van der Waals surface area contributed by atoms with Crippen molar-refractivity contribution in [2.45, 2.75) is 47.5 Å². The van der Waals surface area contributed by atoms with Crippen LogP contribution in [0.4, 0.5) is 22.7 Å². The van der Waals surface area contributed by atoms with Crippen LogP contribution in [0, 0.1) is 41.5 Å². The van der Waals surface area contributed by atoms with Crippen molar-refractivity contribution in [3.8, 4) is 11.5 Å². The highest BCUT2D eigenvalue weighted by Gasteiger charge is 2.23. The fraction of sp³-hybridized carbons (Fsp3) is 0.189. The Bertz CT molecular complexity index is 1860. The Morgan fingerprint density at radius 3 is 1.60 bits per heavy atom. The van der Waals surface area contributed by atoms with Crippen LogP contribution in [0.25, 0.3) is 0 Å². The Hall–Kier alpha value is -5.10. The van der Waals surface area contributed by atoms with E-state index < -0.39 is 0 Å². The molecule has 0 bridgehead atoms. The number of hydrogen-bond acceptors (Lipinski definition) is 6. The maximum atomic E-state index is 10.3. The largest absolute Gasteiger partial charge is 0.506 e. The van der Waals surface area contributed by atoms with E-state index in [-0.39, 0.29) is 17.4 Å². The maximum Gasteiger partial charge on any atom is 0.143 e. The van der Waals surface area contributed by atoms with Gasteiger partial charge in [-0.05, 0) is 128 Å². The molecule has 0 fully saturated rings. The summed E-state index contributed by atoms with van der Waals surface area (Å²) >= 11 is 0. The lowest BCUT2D eigenvalue weighted by Gasteiger charge is -2.24. The third kappa shape index (κ3) is 6.54. The quantitative estimate of drug-likeness (QED) is 0.151. The summed E-state index contributed by atoms with van der Waals surface area (Å²) in [6.07, 6.45) is 0. The molecular weight excluding hydrogens is 532 g/mol. The Labute approximate surface area is 253 Å². The number of aryl methyl sites for hydroxylation is 5. The number of benzene rings is 5. The van der Waals surface area contributed by atoms with Crippen molar-refractivity contribution in [2.24, 2.45) is 20.5 Å². The average molecular weight is 569 g/mol. The van der Waals surface area contributed by atoms with Gasteiger partial charge in [0.1, 0.15) is 22.9 Å². The number of hydrogen-bond donors (Lipinski definition) is 2. The lowest BCUT2D eigenvalue weighted by molar-refractivity contribution is 0.475. The van der Waals surface area contributed by atoms with Gasteiger partial charge in [0.25, 0.3) is 0 Å². The topological polar surface area (TPSA) is 89.9 Å². The van der Waals surface area contributed by atoms with Crippen LogP contribution in [0.5, 0.6) is 11.5 Å². The first-order valence-corrected chi connectivity index (χ1v) is 14.3. The lowest BCUT2D eigenvalue weighted by Crippen LogP contribution is -2.08. The van der Waals surface area contributed by atoms with Crippen molar-refractivity contribution in [3.05, 3.63) is 141 Å². The molecule has 6 heteroatoms. The van der Waals surface area contributed by atoms with Crippen LogP contribution >= 0.6 is 0 Å². The number of phenolic OH excluding ortho intramolecular Hbond substituents is 2. The van der Waals surface area contributed by atoms with Gasteiger partial charge in [0.05, 0.1) is 11.4 Å². The fourth-order valence-electron chi connectivity index (χ4n) is 5.33. The summed E-state index contributed by atoms with van der Waals surface area (Å²) in [5.74, 6) is 0.140. The van der Waals surface area contributed by atoms with Crippen molar-refractivity contribution in [1.29, 1.82) is 0 Å². The van der Waals surface area contributed by atoms with Crippen molar-refractivity contribution < 1.29 is 10.2 Å². The van der Waals surface area contributed by atoms with Crippen LogP contribution in [0.3, 0.4) is 0 Å². The van der Waals surface area contributed by atoms with Crippen molar-refractivity contribution in [1.82, 2.24) is 0 Å². The van der Waals surface area contributed by atoms with E-state index in [1.165, 1.54) is 0 Å². The van der Waals surface area contributed by atoms with Gasteiger partial charge in [-0.3, -0.25) is 0 Å². The highest BCUT2D eigenvalue weighted by molar-refractivity contribution is 5.61. The van der Waals surface area contributed by atoms with Gasteiger partial charge in [0.2, 0.25) is 0 Å². The first-order chi connectivity index (χ1) is 20.6. The molecule has 6 nitrogen and oxygen atoms in total. The summed E-state index contributed by atoms with van der Waals surface area (Å²) in [4.78, 5) is 0. The van der Waals surface area contributed by atoms with Gasteiger partial charge in [0.15, 0.2) is 0 Å². The second-order valence-electron chi connectivity index (χ2n) is 11.2. The molecular formula is C37H36N4O2. The van der Waals surface area contributed by atoms with Gasteiger partial charge in [-0.2, -0.15) is 10.2 Å². The molecule has 0 amide bonds. The molecule has 5 aromatic carbocycles. The molecule has 5 aromatic rings. The van der Waals surface area contributed by atoms with E-state index in [9.17, 15) is 10.2 Å². The monoisotopic (exact) mass is 568 g/mol. The zero-order valence-electron chi connectivity index (χ0n) is 25.4. The van der Waals surface area contributed by atoms with Crippen LogP contribution in [0.15, 0.2) is 111 Å². The van der Waals surface area contributed by atoms with Crippen molar-refractivity contribution in [3.63, 3.8) is 0 Å². The normalized spacial score (nSPS) is 12.3. The molecule has 0 radical (unpaired) electrons. The summed E-state index contributed by atoms with van der Waals surface area (Å²) in [5, 5.41) is 38.4. The molecule has 1 atom stereocenters. The van der Waals surface area contributed by atoms with E-state index in [2.05, 4.69) is 83.7 Å². The molecule has 0 heterocycles. The molecule has 1 unspecified atom stereocenters. The predicted molar refractivity (Wildman–Crippen MR) is 173 cm³/mol. The van der Waals surface area contributed by atoms with E-state index >= 15 is 0 Å². The molecule has 0 aliphatic carbocycles. The second kappa shape index (κ2) is 12.4. The fourth-order valence-corrected chi connectivity index (χ4v) is 5.33. The number of aromatic hydroxyl groups is 2. The Morgan fingerprint density at radius 2 is 1.00 bits per heavy atom.